The summed E-state index contributed by atoms with van der Waals surface area (Å²) in [5.41, 5.74) is 7.32. The van der Waals surface area contributed by atoms with E-state index < -0.39 is 0 Å². The summed E-state index contributed by atoms with van der Waals surface area (Å²) in [4.78, 5) is 0. The van der Waals surface area contributed by atoms with E-state index in [2.05, 4.69) is 21.0 Å². The number of benzene rings is 1. The summed E-state index contributed by atoms with van der Waals surface area (Å²) in [6.45, 7) is -0.0949. The molecule has 0 fully saturated rings. The molecule has 1 aromatic heterocycles. The molecule has 0 saturated carbocycles. The number of nitrogens with zero attached hydrogens (tertiary/aromatic N) is 2. The van der Waals surface area contributed by atoms with Crippen molar-refractivity contribution in [2.45, 2.75) is 6.61 Å². The molecule has 0 spiro atoms. The van der Waals surface area contributed by atoms with Crippen molar-refractivity contribution in [2.24, 2.45) is 0 Å². The predicted octanol–water partition coefficient (Wildman–Crippen LogP) is 1.71. The third-order valence-corrected chi connectivity index (χ3v) is 2.66. The summed E-state index contributed by atoms with van der Waals surface area (Å²) < 4.78 is 2.59. The van der Waals surface area contributed by atoms with Gasteiger partial charge in [-0.25, -0.2) is 4.68 Å². The Kier molecular flexibility index (Phi) is 2.75. The lowest BCUT2D eigenvalue weighted by atomic mass is 10.3. The molecule has 0 bridgehead atoms. The lowest BCUT2D eigenvalue weighted by Gasteiger charge is -2.04. The van der Waals surface area contributed by atoms with Crippen LogP contribution in [-0.2, 0) is 6.61 Å². The smallest absolute Gasteiger partial charge is 0.132 e. The van der Waals surface area contributed by atoms with Crippen molar-refractivity contribution in [2.75, 3.05) is 5.73 Å². The van der Waals surface area contributed by atoms with Gasteiger partial charge >= 0.3 is 0 Å². The van der Waals surface area contributed by atoms with Crippen molar-refractivity contribution in [1.82, 2.24) is 9.78 Å². The molecular weight excluding hydrogens is 258 g/mol. The van der Waals surface area contributed by atoms with Gasteiger partial charge in [-0.3, -0.25) is 0 Å². The first-order chi connectivity index (χ1) is 7.22. The molecular formula is C10H10BrN3O. The SMILES string of the molecule is Nc1c(CO)cnn1-c1ccc(Br)cc1. The van der Waals surface area contributed by atoms with Gasteiger partial charge in [0, 0.05) is 10.0 Å². The average molecular weight is 268 g/mol. The molecule has 0 atom stereocenters. The predicted molar refractivity (Wildman–Crippen MR) is 61.6 cm³/mol. The van der Waals surface area contributed by atoms with E-state index in [0.29, 0.717) is 11.4 Å². The Bertz CT molecular complexity index is 464. The number of nitrogen functional groups attached to an aromatic ring is 1. The van der Waals surface area contributed by atoms with E-state index in [1.165, 1.54) is 0 Å². The second kappa shape index (κ2) is 4.04. The van der Waals surface area contributed by atoms with Gasteiger partial charge in [0.2, 0.25) is 0 Å². The van der Waals surface area contributed by atoms with E-state index in [4.69, 9.17) is 10.8 Å². The van der Waals surface area contributed by atoms with E-state index in [1.54, 1.807) is 10.9 Å². The maximum atomic E-state index is 8.98. The number of aliphatic hydroxyl groups excluding tert-OH is 1. The summed E-state index contributed by atoms with van der Waals surface area (Å²) in [6, 6.07) is 7.62. The van der Waals surface area contributed by atoms with E-state index in [-0.39, 0.29) is 6.61 Å². The molecule has 5 heteroatoms. The molecule has 2 rings (SSSR count). The summed E-state index contributed by atoms with van der Waals surface area (Å²) in [6.07, 6.45) is 1.57. The Morgan fingerprint density at radius 1 is 1.33 bits per heavy atom. The molecule has 0 aliphatic heterocycles. The van der Waals surface area contributed by atoms with Crippen LogP contribution in [0.3, 0.4) is 0 Å². The molecule has 0 amide bonds. The van der Waals surface area contributed by atoms with Crippen LogP contribution in [0.25, 0.3) is 5.69 Å². The largest absolute Gasteiger partial charge is 0.391 e. The zero-order chi connectivity index (χ0) is 10.8. The summed E-state index contributed by atoms with van der Waals surface area (Å²) in [7, 11) is 0. The maximum absolute atomic E-state index is 8.98. The van der Waals surface area contributed by atoms with Crippen molar-refractivity contribution in [3.05, 3.63) is 40.5 Å². The molecule has 0 aliphatic carbocycles. The molecule has 0 unspecified atom stereocenters. The Morgan fingerprint density at radius 2 is 2.00 bits per heavy atom. The average Bonchev–Trinajstić information content (AvgIpc) is 2.61. The van der Waals surface area contributed by atoms with Crippen molar-refractivity contribution in [1.29, 1.82) is 0 Å². The van der Waals surface area contributed by atoms with Crippen LogP contribution in [0.4, 0.5) is 5.82 Å². The minimum Gasteiger partial charge on any atom is -0.391 e. The first kappa shape index (κ1) is 10.2. The highest BCUT2D eigenvalue weighted by atomic mass is 79.9. The number of aromatic nitrogens is 2. The lowest BCUT2D eigenvalue weighted by molar-refractivity contribution is 0.282. The molecule has 0 aliphatic rings. The van der Waals surface area contributed by atoms with Gasteiger partial charge in [0.15, 0.2) is 0 Å². The summed E-state index contributed by atoms with van der Waals surface area (Å²) in [5, 5.41) is 13.1. The normalized spacial score (nSPS) is 10.5. The molecule has 4 nitrogen and oxygen atoms in total. The van der Waals surface area contributed by atoms with Crippen LogP contribution < -0.4 is 5.73 Å². The van der Waals surface area contributed by atoms with Gasteiger partial charge in [-0.15, -0.1) is 0 Å². The fourth-order valence-electron chi connectivity index (χ4n) is 1.30. The van der Waals surface area contributed by atoms with Crippen LogP contribution in [0, 0.1) is 0 Å². The Labute approximate surface area is 95.5 Å². The third kappa shape index (κ3) is 1.88. The van der Waals surface area contributed by atoms with Crippen LogP contribution >= 0.6 is 15.9 Å². The second-order valence-corrected chi connectivity index (χ2v) is 4.02. The van der Waals surface area contributed by atoms with Crippen molar-refractivity contribution in [3.63, 3.8) is 0 Å². The first-order valence-corrected chi connectivity index (χ1v) is 5.21. The first-order valence-electron chi connectivity index (χ1n) is 4.41. The van der Waals surface area contributed by atoms with Crippen molar-refractivity contribution >= 4 is 21.7 Å². The van der Waals surface area contributed by atoms with E-state index in [0.717, 1.165) is 10.2 Å². The Balaban J connectivity index is 2.45. The number of nitrogens with two attached hydrogens (primary N) is 1. The summed E-state index contributed by atoms with van der Waals surface area (Å²) >= 11 is 3.35. The highest BCUT2D eigenvalue weighted by Crippen LogP contribution is 2.18. The Morgan fingerprint density at radius 3 is 2.53 bits per heavy atom. The fourth-order valence-corrected chi connectivity index (χ4v) is 1.57. The monoisotopic (exact) mass is 267 g/mol. The number of anilines is 1. The topological polar surface area (TPSA) is 64.1 Å². The van der Waals surface area contributed by atoms with Crippen LogP contribution in [0.5, 0.6) is 0 Å². The Hall–Kier alpha value is -1.33. The minimum absolute atomic E-state index is 0.0949. The lowest BCUT2D eigenvalue weighted by Crippen LogP contribution is -2.02. The van der Waals surface area contributed by atoms with E-state index in [1.807, 2.05) is 24.3 Å². The zero-order valence-corrected chi connectivity index (χ0v) is 9.48. The van der Waals surface area contributed by atoms with Crippen molar-refractivity contribution < 1.29 is 5.11 Å². The minimum atomic E-state index is -0.0949. The van der Waals surface area contributed by atoms with Crippen LogP contribution in [-0.4, -0.2) is 14.9 Å². The van der Waals surface area contributed by atoms with E-state index >= 15 is 0 Å². The molecule has 15 heavy (non-hydrogen) atoms. The van der Waals surface area contributed by atoms with Gasteiger partial charge in [-0.2, -0.15) is 5.10 Å². The van der Waals surface area contributed by atoms with Gasteiger partial charge in [-0.1, -0.05) is 15.9 Å². The fraction of sp³-hybridized carbons (Fsp3) is 0.100. The number of halogens is 1. The maximum Gasteiger partial charge on any atom is 0.132 e. The number of rotatable bonds is 2. The highest BCUT2D eigenvalue weighted by Gasteiger charge is 2.07. The molecule has 0 radical (unpaired) electrons. The van der Waals surface area contributed by atoms with Crippen LogP contribution in [0.1, 0.15) is 5.56 Å². The van der Waals surface area contributed by atoms with Gasteiger partial charge < -0.3 is 10.8 Å². The molecule has 0 saturated heterocycles. The van der Waals surface area contributed by atoms with Crippen LogP contribution in [0.2, 0.25) is 0 Å². The highest BCUT2D eigenvalue weighted by molar-refractivity contribution is 9.10. The van der Waals surface area contributed by atoms with Gasteiger partial charge in [0.1, 0.15) is 5.82 Å². The number of hydrogen-bond donors (Lipinski definition) is 2. The molecule has 1 aromatic carbocycles. The number of aliphatic hydroxyl groups is 1. The van der Waals surface area contributed by atoms with Gasteiger partial charge in [0.05, 0.1) is 18.5 Å². The second-order valence-electron chi connectivity index (χ2n) is 3.10. The zero-order valence-electron chi connectivity index (χ0n) is 7.89. The summed E-state index contributed by atoms with van der Waals surface area (Å²) in [5.74, 6) is 0.472. The molecule has 1 heterocycles. The van der Waals surface area contributed by atoms with Crippen molar-refractivity contribution in [3.8, 4) is 5.69 Å². The van der Waals surface area contributed by atoms with Crippen LogP contribution in [0.15, 0.2) is 34.9 Å². The quantitative estimate of drug-likeness (QED) is 0.871. The van der Waals surface area contributed by atoms with Gasteiger partial charge in [0.25, 0.3) is 0 Å². The third-order valence-electron chi connectivity index (χ3n) is 2.13. The standard InChI is InChI=1S/C10H10BrN3O/c11-8-1-3-9(4-2-8)14-10(12)7(6-15)5-13-14/h1-5,15H,6,12H2. The van der Waals surface area contributed by atoms with Gasteiger partial charge in [-0.05, 0) is 24.3 Å². The number of hydrogen-bond acceptors (Lipinski definition) is 3. The molecule has 78 valence electrons. The molecule has 2 aromatic rings. The molecule has 3 N–H and O–H groups in total. The van der Waals surface area contributed by atoms with E-state index in [9.17, 15) is 0 Å².